The molecule has 134 valence electrons. The number of hydrogen-bond donors (Lipinski definition) is 1. The van der Waals surface area contributed by atoms with E-state index in [1.54, 1.807) is 43.4 Å². The summed E-state index contributed by atoms with van der Waals surface area (Å²) < 4.78 is 14.2. The highest BCUT2D eigenvalue weighted by molar-refractivity contribution is 9.10. The quantitative estimate of drug-likeness (QED) is 0.448. The van der Waals surface area contributed by atoms with Crippen molar-refractivity contribution in [2.24, 2.45) is 4.99 Å². The highest BCUT2D eigenvalue weighted by atomic mass is 79.9. The molecule has 0 aliphatic carbocycles. The number of imide groups is 1. The number of carbonyl (C=O) groups is 2. The summed E-state index contributed by atoms with van der Waals surface area (Å²) in [5.41, 5.74) is 1.07. The number of nitrogens with zero attached hydrogens (tertiary/aromatic N) is 2. The zero-order valence-electron chi connectivity index (χ0n) is 13.8. The zero-order valence-corrected chi connectivity index (χ0v) is 16.2. The molecule has 0 spiro atoms. The van der Waals surface area contributed by atoms with Gasteiger partial charge < -0.3 is 5.32 Å². The third-order valence-corrected chi connectivity index (χ3v) is 5.41. The van der Waals surface area contributed by atoms with Crippen LogP contribution in [-0.4, -0.2) is 29.3 Å². The Balaban J connectivity index is 1.72. The van der Waals surface area contributed by atoms with Crippen LogP contribution in [0.4, 0.5) is 15.8 Å². The molecule has 0 radical (unpaired) electrons. The van der Waals surface area contributed by atoms with Gasteiger partial charge in [0, 0.05) is 23.6 Å². The second kappa shape index (κ2) is 8.01. The molecule has 1 heterocycles. The molecule has 0 bridgehead atoms. The van der Waals surface area contributed by atoms with Gasteiger partial charge in [0.05, 0.1) is 5.69 Å². The molecule has 0 aromatic heterocycles. The third kappa shape index (κ3) is 4.13. The third-order valence-electron chi connectivity index (χ3n) is 3.72. The monoisotopic (exact) mass is 435 g/mol. The number of benzene rings is 2. The summed E-state index contributed by atoms with van der Waals surface area (Å²) in [5.74, 6) is -0.912. The van der Waals surface area contributed by atoms with Crippen LogP contribution >= 0.6 is 27.7 Å². The minimum absolute atomic E-state index is 0.0867. The lowest BCUT2D eigenvalue weighted by Gasteiger charge is -2.15. The number of amides is 2. The lowest BCUT2D eigenvalue weighted by atomic mass is 10.3. The molecule has 5 nitrogen and oxygen atoms in total. The maximum absolute atomic E-state index is 13.3. The van der Waals surface area contributed by atoms with Gasteiger partial charge in [0.15, 0.2) is 5.17 Å². The number of aliphatic imine (C=N–C) groups is 1. The molecule has 3 rings (SSSR count). The van der Waals surface area contributed by atoms with Crippen molar-refractivity contribution >= 4 is 56.0 Å². The SMILES string of the molecule is CN=C(Nc1cccc(F)c1)S[C@@H]1CC(=O)N(c2ccc(Br)cc2)C1=O. The first-order valence-electron chi connectivity index (χ1n) is 7.76. The van der Waals surface area contributed by atoms with Crippen molar-refractivity contribution in [2.45, 2.75) is 11.7 Å². The van der Waals surface area contributed by atoms with Crippen molar-refractivity contribution in [1.29, 1.82) is 0 Å². The van der Waals surface area contributed by atoms with Gasteiger partial charge in [0.25, 0.3) is 0 Å². The van der Waals surface area contributed by atoms with E-state index in [4.69, 9.17) is 0 Å². The van der Waals surface area contributed by atoms with E-state index in [1.165, 1.54) is 17.0 Å². The Kier molecular flexibility index (Phi) is 5.73. The van der Waals surface area contributed by atoms with Crippen LogP contribution in [0.15, 0.2) is 58.0 Å². The van der Waals surface area contributed by atoms with Gasteiger partial charge in [-0.15, -0.1) is 0 Å². The van der Waals surface area contributed by atoms with E-state index >= 15 is 0 Å². The molecule has 2 aromatic rings. The normalized spacial score (nSPS) is 17.7. The highest BCUT2D eigenvalue weighted by Crippen LogP contribution is 2.31. The minimum atomic E-state index is -0.578. The molecule has 1 aliphatic rings. The largest absolute Gasteiger partial charge is 0.335 e. The number of amidine groups is 1. The summed E-state index contributed by atoms with van der Waals surface area (Å²) in [4.78, 5) is 30.3. The number of rotatable bonds is 3. The van der Waals surface area contributed by atoms with E-state index in [2.05, 4.69) is 26.2 Å². The Morgan fingerprint density at radius 1 is 1.27 bits per heavy atom. The molecule has 1 atom stereocenters. The molecule has 8 heteroatoms. The van der Waals surface area contributed by atoms with E-state index in [9.17, 15) is 14.0 Å². The van der Waals surface area contributed by atoms with Crippen LogP contribution in [-0.2, 0) is 9.59 Å². The molecular weight excluding hydrogens is 421 g/mol. The molecule has 1 N–H and O–H groups in total. The van der Waals surface area contributed by atoms with Gasteiger partial charge in [-0.2, -0.15) is 0 Å². The first-order valence-corrected chi connectivity index (χ1v) is 9.43. The van der Waals surface area contributed by atoms with Gasteiger partial charge in [0.2, 0.25) is 11.8 Å². The fraction of sp³-hybridized carbons (Fsp3) is 0.167. The van der Waals surface area contributed by atoms with Crippen molar-refractivity contribution in [3.8, 4) is 0 Å². The van der Waals surface area contributed by atoms with Crippen molar-refractivity contribution in [3.05, 3.63) is 58.8 Å². The van der Waals surface area contributed by atoms with Crippen molar-refractivity contribution in [1.82, 2.24) is 0 Å². The molecule has 1 saturated heterocycles. The van der Waals surface area contributed by atoms with Crippen LogP contribution in [0.1, 0.15) is 6.42 Å². The predicted octanol–water partition coefficient (Wildman–Crippen LogP) is 4.05. The van der Waals surface area contributed by atoms with E-state index in [1.807, 2.05) is 0 Å². The summed E-state index contributed by atoms with van der Waals surface area (Å²) in [6.07, 6.45) is 0.0867. The molecule has 0 unspecified atom stereocenters. The van der Waals surface area contributed by atoms with Gasteiger partial charge >= 0.3 is 0 Å². The first-order chi connectivity index (χ1) is 12.5. The Morgan fingerprint density at radius 3 is 2.65 bits per heavy atom. The van der Waals surface area contributed by atoms with Gasteiger partial charge in [-0.1, -0.05) is 33.8 Å². The average Bonchev–Trinajstić information content (AvgIpc) is 2.89. The average molecular weight is 436 g/mol. The Morgan fingerprint density at radius 2 is 2.00 bits per heavy atom. The van der Waals surface area contributed by atoms with E-state index in [0.717, 1.165) is 16.2 Å². The van der Waals surface area contributed by atoms with Crippen LogP contribution in [0.5, 0.6) is 0 Å². The smallest absolute Gasteiger partial charge is 0.247 e. The molecule has 0 saturated carbocycles. The van der Waals surface area contributed by atoms with Crippen LogP contribution in [0.2, 0.25) is 0 Å². The van der Waals surface area contributed by atoms with Gasteiger partial charge in [-0.3, -0.25) is 14.6 Å². The maximum atomic E-state index is 13.3. The summed E-state index contributed by atoms with van der Waals surface area (Å²) >= 11 is 4.49. The minimum Gasteiger partial charge on any atom is -0.335 e. The summed E-state index contributed by atoms with van der Waals surface area (Å²) in [5, 5.41) is 2.84. The number of nitrogens with one attached hydrogen (secondary N) is 1. The van der Waals surface area contributed by atoms with Crippen LogP contribution in [0.3, 0.4) is 0 Å². The lowest BCUT2D eigenvalue weighted by molar-refractivity contribution is -0.121. The number of halogens is 2. The van der Waals surface area contributed by atoms with Crippen LogP contribution < -0.4 is 10.2 Å². The van der Waals surface area contributed by atoms with Crippen molar-refractivity contribution in [3.63, 3.8) is 0 Å². The number of hydrogen-bond acceptors (Lipinski definition) is 4. The zero-order chi connectivity index (χ0) is 18.7. The number of thioether (sulfide) groups is 1. The highest BCUT2D eigenvalue weighted by Gasteiger charge is 2.40. The van der Waals surface area contributed by atoms with Crippen LogP contribution in [0, 0.1) is 5.82 Å². The first kappa shape index (κ1) is 18.6. The topological polar surface area (TPSA) is 61.8 Å². The van der Waals surface area contributed by atoms with E-state index < -0.39 is 5.25 Å². The predicted molar refractivity (Wildman–Crippen MR) is 106 cm³/mol. The van der Waals surface area contributed by atoms with Crippen molar-refractivity contribution < 1.29 is 14.0 Å². The summed E-state index contributed by atoms with van der Waals surface area (Å²) in [7, 11) is 1.57. The molecule has 2 aromatic carbocycles. The Labute approximate surface area is 162 Å². The van der Waals surface area contributed by atoms with Gasteiger partial charge in [-0.05, 0) is 42.5 Å². The Hall–Kier alpha value is -2.19. The molecular formula is C18H15BrFN3O2S. The summed E-state index contributed by atoms with van der Waals surface area (Å²) in [6.45, 7) is 0. The lowest BCUT2D eigenvalue weighted by Crippen LogP contribution is -2.31. The molecule has 1 aliphatic heterocycles. The van der Waals surface area contributed by atoms with Gasteiger partial charge in [0.1, 0.15) is 11.1 Å². The fourth-order valence-corrected chi connectivity index (χ4v) is 3.77. The van der Waals surface area contributed by atoms with E-state index in [0.29, 0.717) is 16.5 Å². The maximum Gasteiger partial charge on any atom is 0.247 e. The van der Waals surface area contributed by atoms with Crippen LogP contribution in [0.25, 0.3) is 0 Å². The second-order valence-electron chi connectivity index (χ2n) is 5.52. The van der Waals surface area contributed by atoms with Gasteiger partial charge in [-0.25, -0.2) is 9.29 Å². The molecule has 2 amide bonds. The number of carbonyl (C=O) groups excluding carboxylic acids is 2. The Bertz CT molecular complexity index is 873. The summed E-state index contributed by atoms with van der Waals surface area (Å²) in [6, 6.07) is 12.9. The molecule has 26 heavy (non-hydrogen) atoms. The molecule has 1 fully saturated rings. The van der Waals surface area contributed by atoms with E-state index in [-0.39, 0.29) is 24.1 Å². The second-order valence-corrected chi connectivity index (χ2v) is 7.63. The fourth-order valence-electron chi connectivity index (χ4n) is 2.52. The standard InChI is InChI=1S/C18H15BrFN3O2S/c1-21-18(22-13-4-2-3-12(20)9-13)26-15-10-16(24)23(17(15)25)14-7-5-11(19)6-8-14/h2-9,15H,10H2,1H3,(H,21,22)/t15-/m1/s1. The number of anilines is 2. The van der Waals surface area contributed by atoms with Crippen molar-refractivity contribution in [2.75, 3.05) is 17.3 Å².